The van der Waals surface area contributed by atoms with Gasteiger partial charge in [-0.25, -0.2) is 4.98 Å². The number of hydrogen-bond acceptors (Lipinski definition) is 9. The first-order chi connectivity index (χ1) is 20.4. The Hall–Kier alpha value is -3.83. The van der Waals surface area contributed by atoms with Crippen molar-refractivity contribution in [1.82, 2.24) is 25.4 Å². The van der Waals surface area contributed by atoms with Gasteiger partial charge >= 0.3 is 0 Å². The van der Waals surface area contributed by atoms with Crippen molar-refractivity contribution >= 4 is 39.6 Å². The lowest BCUT2D eigenvalue weighted by atomic mass is 10.0. The predicted octanol–water partition coefficient (Wildman–Crippen LogP) is 6.10. The number of carbonyl (C=O) groups excluding carboxylic acids is 2. The second-order valence-electron chi connectivity index (χ2n) is 11.0. The topological polar surface area (TPSA) is 101 Å². The Balaban J connectivity index is 1.17. The molecule has 1 N–H and O–H groups in total. The molecule has 0 unspecified atom stereocenters. The standard InChI is InChI=1S/C31H34N6O3S2/c1-20(2)29-34-35-30(42-29)21-7-9-25(10-8-21)40-26-18-22(5-6-23(26)19-37-14-3-4-27(37)38)28(39)33-24-11-15-36(16-12-24)31-32-13-17-41-31/h5-10,13,17-18,20,24H,3-4,11-12,14-16,19H2,1-2H3,(H,33,39). The zero-order valence-electron chi connectivity index (χ0n) is 23.8. The number of amides is 2. The Labute approximate surface area is 253 Å². The number of anilines is 1. The second kappa shape index (κ2) is 12.6. The van der Waals surface area contributed by atoms with E-state index in [0.29, 0.717) is 35.9 Å². The van der Waals surface area contributed by atoms with Gasteiger partial charge in [-0.05, 0) is 55.7 Å². The fourth-order valence-electron chi connectivity index (χ4n) is 5.23. The fourth-order valence-corrected chi connectivity index (χ4v) is 6.78. The van der Waals surface area contributed by atoms with Gasteiger partial charge in [-0.2, -0.15) is 0 Å². The molecule has 9 nitrogen and oxygen atoms in total. The molecule has 0 atom stereocenters. The van der Waals surface area contributed by atoms with E-state index in [-0.39, 0.29) is 17.9 Å². The third-order valence-corrected chi connectivity index (χ3v) is 9.75. The first-order valence-corrected chi connectivity index (χ1v) is 16.1. The maximum absolute atomic E-state index is 13.3. The average molecular weight is 603 g/mol. The van der Waals surface area contributed by atoms with Crippen LogP contribution in [0.25, 0.3) is 10.6 Å². The number of rotatable bonds is 9. The normalized spacial score (nSPS) is 15.9. The van der Waals surface area contributed by atoms with E-state index in [2.05, 4.69) is 39.2 Å². The van der Waals surface area contributed by atoms with E-state index in [0.717, 1.165) is 65.2 Å². The highest BCUT2D eigenvalue weighted by atomic mass is 32.1. The van der Waals surface area contributed by atoms with Gasteiger partial charge in [0, 0.05) is 72.8 Å². The number of carbonyl (C=O) groups is 2. The van der Waals surface area contributed by atoms with Crippen molar-refractivity contribution in [2.24, 2.45) is 0 Å². The van der Waals surface area contributed by atoms with Crippen LogP contribution < -0.4 is 15.0 Å². The predicted molar refractivity (Wildman–Crippen MR) is 165 cm³/mol. The van der Waals surface area contributed by atoms with Crippen molar-refractivity contribution in [2.75, 3.05) is 24.5 Å². The van der Waals surface area contributed by atoms with Crippen LogP contribution in [0.4, 0.5) is 5.13 Å². The van der Waals surface area contributed by atoms with Crippen molar-refractivity contribution in [3.8, 4) is 22.1 Å². The summed E-state index contributed by atoms with van der Waals surface area (Å²) in [6.07, 6.45) is 4.99. The van der Waals surface area contributed by atoms with E-state index in [4.69, 9.17) is 4.74 Å². The largest absolute Gasteiger partial charge is 0.457 e. The summed E-state index contributed by atoms with van der Waals surface area (Å²) in [5.41, 5.74) is 2.38. The van der Waals surface area contributed by atoms with Gasteiger partial charge in [0.05, 0.1) is 0 Å². The minimum atomic E-state index is -0.121. The first kappa shape index (κ1) is 28.3. The van der Waals surface area contributed by atoms with E-state index in [1.165, 1.54) is 0 Å². The summed E-state index contributed by atoms with van der Waals surface area (Å²) in [5.74, 6) is 1.58. The number of nitrogens with zero attached hydrogens (tertiary/aromatic N) is 5. The molecular weight excluding hydrogens is 569 g/mol. The molecule has 2 aromatic heterocycles. The monoisotopic (exact) mass is 602 g/mol. The second-order valence-corrected chi connectivity index (χ2v) is 12.9. The molecule has 6 rings (SSSR count). The van der Waals surface area contributed by atoms with E-state index < -0.39 is 0 Å². The summed E-state index contributed by atoms with van der Waals surface area (Å²) in [4.78, 5) is 34.2. The van der Waals surface area contributed by atoms with Gasteiger partial charge < -0.3 is 19.9 Å². The molecule has 2 amide bonds. The van der Waals surface area contributed by atoms with Gasteiger partial charge in [-0.1, -0.05) is 31.3 Å². The first-order valence-electron chi connectivity index (χ1n) is 14.4. The number of benzene rings is 2. The zero-order chi connectivity index (χ0) is 29.1. The minimum Gasteiger partial charge on any atom is -0.457 e. The molecule has 42 heavy (non-hydrogen) atoms. The number of hydrogen-bond donors (Lipinski definition) is 1. The lowest BCUT2D eigenvalue weighted by Crippen LogP contribution is -2.44. The summed E-state index contributed by atoms with van der Waals surface area (Å²) >= 11 is 3.23. The highest BCUT2D eigenvalue weighted by Crippen LogP contribution is 2.32. The highest BCUT2D eigenvalue weighted by Gasteiger charge is 2.25. The minimum absolute atomic E-state index is 0.101. The van der Waals surface area contributed by atoms with Crippen molar-refractivity contribution in [1.29, 1.82) is 0 Å². The molecule has 2 fully saturated rings. The van der Waals surface area contributed by atoms with E-state index >= 15 is 0 Å². The summed E-state index contributed by atoms with van der Waals surface area (Å²) in [6.45, 7) is 7.12. The lowest BCUT2D eigenvalue weighted by molar-refractivity contribution is -0.128. The van der Waals surface area contributed by atoms with Gasteiger partial charge in [-0.3, -0.25) is 9.59 Å². The Morgan fingerprint density at radius 1 is 1.10 bits per heavy atom. The molecule has 218 valence electrons. The van der Waals surface area contributed by atoms with Crippen molar-refractivity contribution in [3.05, 3.63) is 70.2 Å². The Morgan fingerprint density at radius 3 is 2.57 bits per heavy atom. The summed E-state index contributed by atoms with van der Waals surface area (Å²) < 4.78 is 6.36. The SMILES string of the molecule is CC(C)c1nnc(-c2ccc(Oc3cc(C(=O)NC4CCN(c5nccs5)CC4)ccc3CN3CCCC3=O)cc2)s1. The van der Waals surface area contributed by atoms with Crippen LogP contribution in [0.1, 0.15) is 66.4 Å². The maximum atomic E-state index is 13.3. The number of ether oxygens (including phenoxy) is 1. The Morgan fingerprint density at radius 2 is 1.90 bits per heavy atom. The van der Waals surface area contributed by atoms with E-state index in [9.17, 15) is 9.59 Å². The van der Waals surface area contributed by atoms with Gasteiger partial charge in [0.1, 0.15) is 21.5 Å². The number of thiazole rings is 1. The number of piperidine rings is 1. The number of likely N-dealkylation sites (tertiary alicyclic amines) is 1. The molecule has 2 aliphatic heterocycles. The fraction of sp³-hybridized carbons (Fsp3) is 0.387. The maximum Gasteiger partial charge on any atom is 0.251 e. The van der Waals surface area contributed by atoms with Crippen LogP contribution in [0.15, 0.2) is 54.0 Å². The third kappa shape index (κ3) is 6.47. The van der Waals surface area contributed by atoms with Gasteiger partial charge in [0.15, 0.2) is 5.13 Å². The summed E-state index contributed by atoms with van der Waals surface area (Å²) in [7, 11) is 0. The highest BCUT2D eigenvalue weighted by molar-refractivity contribution is 7.14. The van der Waals surface area contributed by atoms with Crippen LogP contribution in [0.2, 0.25) is 0 Å². The number of aromatic nitrogens is 3. The van der Waals surface area contributed by atoms with Crippen molar-refractivity contribution in [2.45, 2.75) is 58.0 Å². The molecule has 0 aliphatic carbocycles. The smallest absolute Gasteiger partial charge is 0.251 e. The summed E-state index contributed by atoms with van der Waals surface area (Å²) in [5, 5.41) is 16.7. The van der Waals surface area contributed by atoms with Crippen LogP contribution in [-0.4, -0.2) is 57.6 Å². The molecule has 2 aliphatic rings. The lowest BCUT2D eigenvalue weighted by Gasteiger charge is -2.32. The molecule has 0 saturated carbocycles. The molecule has 0 bridgehead atoms. The molecule has 2 saturated heterocycles. The van der Waals surface area contributed by atoms with Crippen LogP contribution in [0, 0.1) is 0 Å². The zero-order valence-corrected chi connectivity index (χ0v) is 25.4. The molecule has 2 aromatic carbocycles. The number of nitrogens with one attached hydrogen (secondary N) is 1. The van der Waals surface area contributed by atoms with Crippen LogP contribution in [-0.2, 0) is 11.3 Å². The third-order valence-electron chi connectivity index (χ3n) is 7.65. The molecule has 0 radical (unpaired) electrons. The van der Waals surface area contributed by atoms with Gasteiger partial charge in [0.25, 0.3) is 5.91 Å². The van der Waals surface area contributed by atoms with Crippen LogP contribution in [0.5, 0.6) is 11.5 Å². The van der Waals surface area contributed by atoms with Crippen molar-refractivity contribution < 1.29 is 14.3 Å². The molecule has 0 spiro atoms. The van der Waals surface area contributed by atoms with Gasteiger partial charge in [0.2, 0.25) is 5.91 Å². The van der Waals surface area contributed by atoms with Gasteiger partial charge in [-0.15, -0.1) is 21.5 Å². The Bertz CT molecular complexity index is 1530. The summed E-state index contributed by atoms with van der Waals surface area (Å²) in [6, 6.07) is 13.4. The van der Waals surface area contributed by atoms with Crippen LogP contribution >= 0.6 is 22.7 Å². The Kier molecular flexibility index (Phi) is 8.48. The van der Waals surface area contributed by atoms with Crippen molar-refractivity contribution in [3.63, 3.8) is 0 Å². The molecule has 11 heteroatoms. The van der Waals surface area contributed by atoms with Crippen LogP contribution in [0.3, 0.4) is 0 Å². The van der Waals surface area contributed by atoms with E-state index in [1.807, 2.05) is 52.9 Å². The molecule has 4 heterocycles. The quantitative estimate of drug-likeness (QED) is 0.247. The molecular formula is C31H34N6O3S2. The molecule has 4 aromatic rings. The van der Waals surface area contributed by atoms with E-state index in [1.54, 1.807) is 28.7 Å². The average Bonchev–Trinajstić information content (AvgIpc) is 3.78.